The maximum absolute atomic E-state index is 11.0. The van der Waals surface area contributed by atoms with Gasteiger partial charge in [-0.1, -0.05) is 49.6 Å². The van der Waals surface area contributed by atoms with Crippen LogP contribution in [0.2, 0.25) is 0 Å². The Morgan fingerprint density at radius 1 is 1.22 bits per heavy atom. The van der Waals surface area contributed by atoms with Crippen LogP contribution in [0, 0.1) is 17.8 Å². The SMILES string of the molecule is O=C(O)Cc1ccc2c(c1)[C@H]1C[C@@H](O)[C@H](/C=C\[C@@H](O)C3CCCCC3)[C@H]1C2. The summed E-state index contributed by atoms with van der Waals surface area (Å²) in [4.78, 5) is 11.0. The van der Waals surface area contributed by atoms with Gasteiger partial charge in [-0.25, -0.2) is 0 Å². The summed E-state index contributed by atoms with van der Waals surface area (Å²) in [5.74, 6) is 0.274. The third-order valence-electron chi connectivity index (χ3n) is 7.03. The fourth-order valence-corrected chi connectivity index (χ4v) is 5.64. The van der Waals surface area contributed by atoms with E-state index in [9.17, 15) is 15.0 Å². The van der Waals surface area contributed by atoms with Crippen molar-refractivity contribution in [2.45, 2.75) is 69.5 Å². The van der Waals surface area contributed by atoms with Crippen LogP contribution in [0.4, 0.5) is 0 Å². The summed E-state index contributed by atoms with van der Waals surface area (Å²) in [6.45, 7) is 0. The Bertz CT molecular complexity index is 719. The highest BCUT2D eigenvalue weighted by molar-refractivity contribution is 5.70. The predicted octanol–water partition coefficient (Wildman–Crippen LogP) is 3.45. The minimum absolute atomic E-state index is 0.0458. The van der Waals surface area contributed by atoms with Gasteiger partial charge in [-0.3, -0.25) is 4.79 Å². The lowest BCUT2D eigenvalue weighted by molar-refractivity contribution is -0.136. The number of aliphatic hydroxyl groups is 2. The highest BCUT2D eigenvalue weighted by Crippen LogP contribution is 2.52. The van der Waals surface area contributed by atoms with E-state index in [1.807, 2.05) is 18.2 Å². The number of fused-ring (bicyclic) bond motifs is 3. The van der Waals surface area contributed by atoms with Crippen LogP contribution in [-0.4, -0.2) is 33.5 Å². The van der Waals surface area contributed by atoms with E-state index in [-0.39, 0.29) is 18.4 Å². The predicted molar refractivity (Wildman–Crippen MR) is 104 cm³/mol. The van der Waals surface area contributed by atoms with Crippen molar-refractivity contribution in [3.05, 3.63) is 47.0 Å². The molecular weight excluding hydrogens is 340 g/mol. The summed E-state index contributed by atoms with van der Waals surface area (Å²) in [6, 6.07) is 6.02. The van der Waals surface area contributed by atoms with E-state index in [0.717, 1.165) is 31.2 Å². The standard InChI is InChI=1S/C23H30O4/c24-21(15-4-2-1-3-5-15)9-8-17-19-12-16-7-6-14(11-23(26)27)10-18(16)20(19)13-22(17)25/h6-10,15,17,19-22,24-25H,1-5,11-13H2,(H,26,27)/b9-8-/t17-,19-,20-,21-,22-/m1/s1. The molecule has 0 heterocycles. The second-order valence-corrected chi connectivity index (χ2v) is 8.73. The first-order valence-electron chi connectivity index (χ1n) is 10.4. The van der Waals surface area contributed by atoms with E-state index in [1.165, 1.54) is 30.4 Å². The van der Waals surface area contributed by atoms with E-state index in [1.54, 1.807) is 0 Å². The number of aliphatic carboxylic acids is 1. The Morgan fingerprint density at radius 3 is 2.74 bits per heavy atom. The summed E-state index contributed by atoms with van der Waals surface area (Å²) in [5, 5.41) is 30.2. The van der Waals surface area contributed by atoms with Gasteiger partial charge in [-0.05, 0) is 60.1 Å². The van der Waals surface area contributed by atoms with Crippen LogP contribution in [0.1, 0.15) is 61.1 Å². The molecule has 0 radical (unpaired) electrons. The lowest BCUT2D eigenvalue weighted by Crippen LogP contribution is -2.22. The molecule has 5 atom stereocenters. The van der Waals surface area contributed by atoms with Crippen molar-refractivity contribution in [1.29, 1.82) is 0 Å². The average molecular weight is 370 g/mol. The number of aliphatic hydroxyl groups excluding tert-OH is 2. The number of benzene rings is 1. The lowest BCUT2D eigenvalue weighted by atomic mass is 9.84. The van der Waals surface area contributed by atoms with Gasteiger partial charge in [0, 0.05) is 5.92 Å². The normalized spacial score (nSPS) is 31.8. The Labute approximate surface area is 160 Å². The van der Waals surface area contributed by atoms with Crippen molar-refractivity contribution < 1.29 is 20.1 Å². The minimum atomic E-state index is -0.812. The molecule has 3 N–H and O–H groups in total. The van der Waals surface area contributed by atoms with Gasteiger partial charge in [0.15, 0.2) is 0 Å². The van der Waals surface area contributed by atoms with Gasteiger partial charge < -0.3 is 15.3 Å². The number of rotatable bonds is 5. The van der Waals surface area contributed by atoms with Gasteiger partial charge in [0.1, 0.15) is 0 Å². The van der Waals surface area contributed by atoms with Crippen molar-refractivity contribution in [2.75, 3.05) is 0 Å². The molecule has 3 aliphatic rings. The van der Waals surface area contributed by atoms with Gasteiger partial charge >= 0.3 is 5.97 Å². The molecule has 3 aliphatic carbocycles. The Morgan fingerprint density at radius 2 is 2.00 bits per heavy atom. The smallest absolute Gasteiger partial charge is 0.307 e. The van der Waals surface area contributed by atoms with E-state index >= 15 is 0 Å². The molecular formula is C23H30O4. The number of carbonyl (C=O) groups is 1. The van der Waals surface area contributed by atoms with Gasteiger partial charge in [-0.2, -0.15) is 0 Å². The molecule has 0 spiro atoms. The van der Waals surface area contributed by atoms with Crippen LogP contribution in [0.15, 0.2) is 30.4 Å². The Balaban J connectivity index is 1.47. The third kappa shape index (κ3) is 3.83. The third-order valence-corrected chi connectivity index (χ3v) is 7.03. The van der Waals surface area contributed by atoms with E-state index in [2.05, 4.69) is 12.1 Å². The maximum Gasteiger partial charge on any atom is 0.307 e. The largest absolute Gasteiger partial charge is 0.481 e. The second kappa shape index (κ2) is 7.76. The molecule has 0 aromatic heterocycles. The zero-order chi connectivity index (χ0) is 19.0. The molecule has 4 heteroatoms. The Kier molecular flexibility index (Phi) is 5.38. The molecule has 2 fully saturated rings. The summed E-state index contributed by atoms with van der Waals surface area (Å²) in [6.07, 6.45) is 10.8. The van der Waals surface area contributed by atoms with Gasteiger partial charge in [0.05, 0.1) is 18.6 Å². The first-order chi connectivity index (χ1) is 13.0. The lowest BCUT2D eigenvalue weighted by Gasteiger charge is -2.25. The van der Waals surface area contributed by atoms with Gasteiger partial charge in [-0.15, -0.1) is 0 Å². The van der Waals surface area contributed by atoms with Crippen LogP contribution in [0.5, 0.6) is 0 Å². The van der Waals surface area contributed by atoms with Gasteiger partial charge in [0.25, 0.3) is 0 Å². The van der Waals surface area contributed by atoms with Crippen LogP contribution >= 0.6 is 0 Å². The molecule has 4 nitrogen and oxygen atoms in total. The fraction of sp³-hybridized carbons (Fsp3) is 0.609. The van der Waals surface area contributed by atoms with Gasteiger partial charge in [0.2, 0.25) is 0 Å². The molecule has 0 unspecified atom stereocenters. The van der Waals surface area contributed by atoms with E-state index < -0.39 is 12.1 Å². The maximum atomic E-state index is 11.0. The molecule has 0 bridgehead atoms. The first kappa shape index (κ1) is 18.7. The molecule has 146 valence electrons. The summed E-state index contributed by atoms with van der Waals surface area (Å²) < 4.78 is 0. The molecule has 2 saturated carbocycles. The van der Waals surface area contributed by atoms with Crippen LogP contribution in [0.25, 0.3) is 0 Å². The topological polar surface area (TPSA) is 77.8 Å². The number of carboxylic acids is 1. The summed E-state index contributed by atoms with van der Waals surface area (Å²) in [7, 11) is 0. The van der Waals surface area contributed by atoms with Crippen molar-refractivity contribution in [2.24, 2.45) is 17.8 Å². The van der Waals surface area contributed by atoms with Crippen LogP contribution in [0.3, 0.4) is 0 Å². The molecule has 0 saturated heterocycles. The van der Waals surface area contributed by atoms with Crippen molar-refractivity contribution >= 4 is 5.97 Å². The zero-order valence-electron chi connectivity index (χ0n) is 15.8. The van der Waals surface area contributed by atoms with Crippen molar-refractivity contribution in [1.82, 2.24) is 0 Å². The average Bonchev–Trinajstić information content (AvgIpc) is 3.15. The number of carboxylic acid groups (broad SMARTS) is 1. The van der Waals surface area contributed by atoms with E-state index in [0.29, 0.717) is 17.8 Å². The highest BCUT2D eigenvalue weighted by Gasteiger charge is 2.46. The quantitative estimate of drug-likeness (QED) is 0.694. The molecule has 27 heavy (non-hydrogen) atoms. The fourth-order valence-electron chi connectivity index (χ4n) is 5.64. The summed E-state index contributed by atoms with van der Waals surface area (Å²) in [5.41, 5.74) is 3.35. The zero-order valence-corrected chi connectivity index (χ0v) is 15.8. The van der Waals surface area contributed by atoms with Crippen molar-refractivity contribution in [3.63, 3.8) is 0 Å². The van der Waals surface area contributed by atoms with E-state index in [4.69, 9.17) is 5.11 Å². The molecule has 4 rings (SSSR count). The summed E-state index contributed by atoms with van der Waals surface area (Å²) >= 11 is 0. The highest BCUT2D eigenvalue weighted by atomic mass is 16.4. The van der Waals surface area contributed by atoms with Crippen molar-refractivity contribution in [3.8, 4) is 0 Å². The second-order valence-electron chi connectivity index (χ2n) is 8.73. The molecule has 0 aliphatic heterocycles. The number of hydrogen-bond donors (Lipinski definition) is 3. The van der Waals surface area contributed by atoms with Crippen LogP contribution in [-0.2, 0) is 17.6 Å². The first-order valence-corrected chi connectivity index (χ1v) is 10.4. The number of hydrogen-bond acceptors (Lipinski definition) is 3. The monoisotopic (exact) mass is 370 g/mol. The molecule has 1 aromatic rings. The van der Waals surface area contributed by atoms with Crippen LogP contribution < -0.4 is 0 Å². The molecule has 1 aromatic carbocycles. The molecule has 0 amide bonds. The Hall–Kier alpha value is -1.65. The minimum Gasteiger partial charge on any atom is -0.481 e.